The maximum Gasteiger partial charge on any atom is 0.258 e. The fourth-order valence-corrected chi connectivity index (χ4v) is 2.59. The van der Waals surface area contributed by atoms with Gasteiger partial charge in [0.05, 0.1) is 11.4 Å². The summed E-state index contributed by atoms with van der Waals surface area (Å²) in [6, 6.07) is 6.11. The summed E-state index contributed by atoms with van der Waals surface area (Å²) in [6.07, 6.45) is 2.32. The van der Waals surface area contributed by atoms with Crippen LogP contribution in [0.25, 0.3) is 0 Å². The van der Waals surface area contributed by atoms with E-state index in [2.05, 4.69) is 0 Å². The molecule has 2 rings (SSSR count). The van der Waals surface area contributed by atoms with E-state index in [1.54, 1.807) is 18.2 Å². The Morgan fingerprint density at radius 2 is 1.72 bits per heavy atom. The van der Waals surface area contributed by atoms with Gasteiger partial charge in [0.1, 0.15) is 0 Å². The van der Waals surface area contributed by atoms with Gasteiger partial charge in [-0.15, -0.1) is 0 Å². The van der Waals surface area contributed by atoms with Crippen molar-refractivity contribution in [3.63, 3.8) is 0 Å². The fourth-order valence-electron chi connectivity index (χ4n) is 1.64. The number of imide groups is 1. The first kappa shape index (κ1) is 12.8. The predicted molar refractivity (Wildman–Crippen MR) is 66.6 cm³/mol. The standard InChI is InChI=1S/C11H8ClNO4S/c12-18(16,17)7-8-2-1-3-9(6-8)13-10(14)4-5-11(13)15/h1-6H,7H2. The van der Waals surface area contributed by atoms with Crippen LogP contribution in [-0.2, 0) is 24.4 Å². The summed E-state index contributed by atoms with van der Waals surface area (Å²) in [6.45, 7) is 0. The van der Waals surface area contributed by atoms with Crippen molar-refractivity contribution in [1.82, 2.24) is 0 Å². The average molecular weight is 286 g/mol. The Bertz CT molecular complexity index is 633. The van der Waals surface area contributed by atoms with Crippen molar-refractivity contribution in [2.75, 3.05) is 4.90 Å². The molecule has 0 saturated carbocycles. The molecule has 1 aliphatic heterocycles. The van der Waals surface area contributed by atoms with E-state index in [9.17, 15) is 18.0 Å². The van der Waals surface area contributed by atoms with Crippen molar-refractivity contribution >= 4 is 37.2 Å². The van der Waals surface area contributed by atoms with Crippen LogP contribution in [0.2, 0.25) is 0 Å². The van der Waals surface area contributed by atoms with Gasteiger partial charge < -0.3 is 0 Å². The van der Waals surface area contributed by atoms with Crippen LogP contribution in [-0.4, -0.2) is 20.2 Å². The van der Waals surface area contributed by atoms with Crippen LogP contribution >= 0.6 is 10.7 Å². The van der Waals surface area contributed by atoms with Crippen LogP contribution in [0.1, 0.15) is 5.56 Å². The lowest BCUT2D eigenvalue weighted by Crippen LogP contribution is -2.29. The lowest BCUT2D eigenvalue weighted by molar-refractivity contribution is -0.119. The molecule has 0 spiro atoms. The van der Waals surface area contributed by atoms with Crippen molar-refractivity contribution in [1.29, 1.82) is 0 Å². The second-order valence-corrected chi connectivity index (χ2v) is 6.48. The molecule has 5 nitrogen and oxygen atoms in total. The Labute approximate surface area is 108 Å². The predicted octanol–water partition coefficient (Wildman–Crippen LogP) is 1.18. The second-order valence-electron chi connectivity index (χ2n) is 3.70. The molecule has 2 amide bonds. The molecule has 1 aromatic carbocycles. The van der Waals surface area contributed by atoms with Crippen molar-refractivity contribution in [3.8, 4) is 0 Å². The van der Waals surface area contributed by atoms with Crippen molar-refractivity contribution < 1.29 is 18.0 Å². The van der Waals surface area contributed by atoms with Gasteiger partial charge in [0.25, 0.3) is 11.8 Å². The lowest BCUT2D eigenvalue weighted by atomic mass is 10.2. The van der Waals surface area contributed by atoms with Crippen LogP contribution in [0.15, 0.2) is 36.4 Å². The van der Waals surface area contributed by atoms with E-state index in [1.807, 2.05) is 0 Å². The highest BCUT2D eigenvalue weighted by atomic mass is 35.7. The zero-order valence-electron chi connectivity index (χ0n) is 9.04. The molecule has 0 saturated heterocycles. The van der Waals surface area contributed by atoms with Gasteiger partial charge in [-0.3, -0.25) is 9.59 Å². The van der Waals surface area contributed by atoms with Gasteiger partial charge in [0.2, 0.25) is 9.05 Å². The lowest BCUT2D eigenvalue weighted by Gasteiger charge is -2.14. The van der Waals surface area contributed by atoms with Gasteiger partial charge in [0.15, 0.2) is 0 Å². The van der Waals surface area contributed by atoms with Crippen LogP contribution < -0.4 is 4.90 Å². The number of amides is 2. The molecule has 0 unspecified atom stereocenters. The van der Waals surface area contributed by atoms with E-state index in [0.29, 0.717) is 11.3 Å². The van der Waals surface area contributed by atoms with Gasteiger partial charge in [-0.1, -0.05) is 12.1 Å². The highest BCUT2D eigenvalue weighted by Crippen LogP contribution is 2.21. The maximum atomic E-state index is 11.5. The van der Waals surface area contributed by atoms with Crippen LogP contribution in [0, 0.1) is 0 Å². The van der Waals surface area contributed by atoms with E-state index in [-0.39, 0.29) is 5.75 Å². The summed E-state index contributed by atoms with van der Waals surface area (Å²) in [4.78, 5) is 23.9. The Morgan fingerprint density at radius 1 is 1.11 bits per heavy atom. The summed E-state index contributed by atoms with van der Waals surface area (Å²) in [5, 5.41) is 0. The molecular weight excluding hydrogens is 278 g/mol. The molecule has 1 aromatic rings. The van der Waals surface area contributed by atoms with Crippen LogP contribution in [0.5, 0.6) is 0 Å². The molecule has 0 fully saturated rings. The molecule has 0 aliphatic carbocycles. The van der Waals surface area contributed by atoms with E-state index in [1.165, 1.54) is 6.07 Å². The number of rotatable bonds is 3. The smallest absolute Gasteiger partial charge is 0.258 e. The van der Waals surface area contributed by atoms with Gasteiger partial charge in [-0.05, 0) is 17.7 Å². The van der Waals surface area contributed by atoms with Gasteiger partial charge in [0, 0.05) is 22.8 Å². The zero-order chi connectivity index (χ0) is 13.3. The van der Waals surface area contributed by atoms with Gasteiger partial charge in [-0.25, -0.2) is 13.3 Å². The first-order valence-corrected chi connectivity index (χ1v) is 7.42. The number of halogens is 1. The fraction of sp³-hybridized carbons (Fsp3) is 0.0909. The molecule has 0 atom stereocenters. The number of benzene rings is 1. The molecule has 0 N–H and O–H groups in total. The van der Waals surface area contributed by atoms with Crippen LogP contribution in [0.4, 0.5) is 5.69 Å². The normalized spacial score (nSPS) is 15.5. The zero-order valence-corrected chi connectivity index (χ0v) is 10.6. The number of hydrogen-bond acceptors (Lipinski definition) is 4. The molecule has 7 heteroatoms. The highest BCUT2D eigenvalue weighted by molar-refractivity contribution is 8.13. The summed E-state index contributed by atoms with van der Waals surface area (Å²) in [5.74, 6) is -1.26. The topological polar surface area (TPSA) is 71.5 Å². The second kappa shape index (κ2) is 4.55. The molecule has 0 aromatic heterocycles. The van der Waals surface area contributed by atoms with Gasteiger partial charge in [-0.2, -0.15) is 0 Å². The minimum Gasteiger partial charge on any atom is -0.269 e. The third kappa shape index (κ3) is 2.77. The number of carbonyl (C=O) groups is 2. The summed E-state index contributed by atoms with van der Waals surface area (Å²) >= 11 is 0. The van der Waals surface area contributed by atoms with E-state index >= 15 is 0 Å². The summed E-state index contributed by atoms with van der Waals surface area (Å²) in [5.41, 5.74) is 0.739. The molecular formula is C11H8ClNO4S. The van der Waals surface area contributed by atoms with Crippen molar-refractivity contribution in [3.05, 3.63) is 42.0 Å². The number of anilines is 1. The maximum absolute atomic E-state index is 11.5. The van der Waals surface area contributed by atoms with Crippen LogP contribution in [0.3, 0.4) is 0 Å². The molecule has 0 bridgehead atoms. The van der Waals surface area contributed by atoms with E-state index in [4.69, 9.17) is 10.7 Å². The minimum absolute atomic E-state index is 0.327. The number of carbonyl (C=O) groups excluding carboxylic acids is 2. The summed E-state index contributed by atoms with van der Waals surface area (Å²) in [7, 11) is 1.47. The summed E-state index contributed by atoms with van der Waals surface area (Å²) < 4.78 is 21.9. The molecule has 0 radical (unpaired) electrons. The Kier molecular flexibility index (Phi) is 3.23. The third-order valence-corrected chi connectivity index (χ3v) is 3.32. The largest absolute Gasteiger partial charge is 0.269 e. The SMILES string of the molecule is O=C1C=CC(=O)N1c1cccc(CS(=O)(=O)Cl)c1. The number of nitrogens with zero attached hydrogens (tertiary/aromatic N) is 1. The number of hydrogen-bond donors (Lipinski definition) is 0. The highest BCUT2D eigenvalue weighted by Gasteiger charge is 2.25. The Hall–Kier alpha value is -1.66. The van der Waals surface area contributed by atoms with Gasteiger partial charge >= 0.3 is 0 Å². The average Bonchev–Trinajstić information content (AvgIpc) is 2.56. The van der Waals surface area contributed by atoms with Crippen molar-refractivity contribution in [2.45, 2.75) is 5.75 Å². The minimum atomic E-state index is -3.68. The molecule has 18 heavy (non-hydrogen) atoms. The molecule has 94 valence electrons. The Balaban J connectivity index is 2.33. The van der Waals surface area contributed by atoms with E-state index in [0.717, 1.165) is 17.1 Å². The monoisotopic (exact) mass is 285 g/mol. The van der Waals surface area contributed by atoms with Crippen molar-refractivity contribution in [2.24, 2.45) is 0 Å². The quantitative estimate of drug-likeness (QED) is 0.618. The first-order chi connectivity index (χ1) is 8.37. The molecule has 1 aliphatic rings. The Morgan fingerprint density at radius 3 is 2.28 bits per heavy atom. The van der Waals surface area contributed by atoms with E-state index < -0.39 is 20.9 Å². The third-order valence-electron chi connectivity index (χ3n) is 2.32. The molecule has 1 heterocycles. The first-order valence-electron chi connectivity index (χ1n) is 4.94.